The Labute approximate surface area is 121 Å². The molecule has 19 heavy (non-hydrogen) atoms. The van der Waals surface area contributed by atoms with E-state index in [4.69, 9.17) is 5.73 Å². The van der Waals surface area contributed by atoms with Gasteiger partial charge in [-0.15, -0.1) is 11.3 Å². The highest BCUT2D eigenvalue weighted by molar-refractivity contribution is 9.11. The lowest BCUT2D eigenvalue weighted by atomic mass is 10.3. The molecule has 0 saturated carbocycles. The van der Waals surface area contributed by atoms with Gasteiger partial charge in [0.2, 0.25) is 0 Å². The van der Waals surface area contributed by atoms with Crippen molar-refractivity contribution in [3.63, 3.8) is 0 Å². The lowest BCUT2D eigenvalue weighted by molar-refractivity contribution is 0.520. The predicted octanol–water partition coefficient (Wildman–Crippen LogP) is 3.34. The van der Waals surface area contributed by atoms with Gasteiger partial charge in [-0.05, 0) is 40.2 Å². The number of sulfone groups is 1. The van der Waals surface area contributed by atoms with E-state index in [1.807, 2.05) is 0 Å². The Morgan fingerprint density at radius 1 is 1.21 bits per heavy atom. The summed E-state index contributed by atoms with van der Waals surface area (Å²) in [6.07, 6.45) is 0. The average Bonchev–Trinajstić information content (AvgIpc) is 2.60. The standard InChI is InChI=1S/C11H8BrF2NO2S2/c12-10-2-1-7(18-10)5-19(16,17)11-8(13)3-6(15)4-9(11)14/h1-4H,5,15H2. The maximum absolute atomic E-state index is 13.6. The number of hydrogen-bond donors (Lipinski definition) is 1. The molecule has 0 unspecified atom stereocenters. The third kappa shape index (κ3) is 3.13. The Morgan fingerprint density at radius 3 is 2.26 bits per heavy atom. The van der Waals surface area contributed by atoms with E-state index in [0.29, 0.717) is 4.88 Å². The van der Waals surface area contributed by atoms with Crippen LogP contribution in [-0.4, -0.2) is 8.42 Å². The van der Waals surface area contributed by atoms with Gasteiger partial charge in [0.25, 0.3) is 0 Å². The summed E-state index contributed by atoms with van der Waals surface area (Å²) in [5, 5.41) is 0. The molecule has 0 spiro atoms. The van der Waals surface area contributed by atoms with Crippen molar-refractivity contribution in [1.82, 2.24) is 0 Å². The summed E-state index contributed by atoms with van der Waals surface area (Å²) in [6, 6.07) is 4.84. The molecule has 0 atom stereocenters. The third-order valence-corrected chi connectivity index (χ3v) is 5.80. The predicted molar refractivity (Wildman–Crippen MR) is 73.7 cm³/mol. The van der Waals surface area contributed by atoms with Crippen LogP contribution in [0.3, 0.4) is 0 Å². The Kier molecular flexibility index (Phi) is 3.93. The average molecular weight is 368 g/mol. The van der Waals surface area contributed by atoms with Crippen LogP contribution >= 0.6 is 27.3 Å². The second-order valence-corrected chi connectivity index (χ2v) is 8.25. The summed E-state index contributed by atoms with van der Waals surface area (Å²) in [5.74, 6) is -2.80. The van der Waals surface area contributed by atoms with Crippen LogP contribution in [0.15, 0.2) is 32.9 Å². The SMILES string of the molecule is Nc1cc(F)c(S(=O)(=O)Cc2ccc(Br)s2)c(F)c1. The minimum absolute atomic E-state index is 0.159. The molecule has 8 heteroatoms. The summed E-state index contributed by atoms with van der Waals surface area (Å²) in [5.41, 5.74) is 5.09. The Bertz CT molecular complexity index is 705. The molecule has 2 rings (SSSR count). The van der Waals surface area contributed by atoms with Crippen molar-refractivity contribution in [3.8, 4) is 0 Å². The third-order valence-electron chi connectivity index (χ3n) is 2.29. The Morgan fingerprint density at radius 2 is 1.79 bits per heavy atom. The lowest BCUT2D eigenvalue weighted by Gasteiger charge is -2.06. The molecule has 0 aliphatic carbocycles. The number of benzene rings is 1. The molecule has 0 radical (unpaired) electrons. The van der Waals surface area contributed by atoms with Gasteiger partial charge in [-0.3, -0.25) is 0 Å². The molecule has 102 valence electrons. The number of halogens is 3. The van der Waals surface area contributed by atoms with Gasteiger partial charge in [0.05, 0.1) is 9.54 Å². The van der Waals surface area contributed by atoms with Gasteiger partial charge in [-0.2, -0.15) is 0 Å². The van der Waals surface area contributed by atoms with Crippen molar-refractivity contribution >= 4 is 42.8 Å². The quantitative estimate of drug-likeness (QED) is 0.846. The summed E-state index contributed by atoms with van der Waals surface area (Å²) < 4.78 is 52.0. The highest BCUT2D eigenvalue weighted by atomic mass is 79.9. The van der Waals surface area contributed by atoms with Crippen molar-refractivity contribution in [1.29, 1.82) is 0 Å². The first kappa shape index (κ1) is 14.4. The summed E-state index contributed by atoms with van der Waals surface area (Å²) in [6.45, 7) is 0. The number of nitrogen functional groups attached to an aromatic ring is 1. The van der Waals surface area contributed by atoms with Crippen LogP contribution in [0.4, 0.5) is 14.5 Å². The van der Waals surface area contributed by atoms with Gasteiger partial charge in [-0.1, -0.05) is 0 Å². The molecule has 0 aliphatic rings. The fraction of sp³-hybridized carbons (Fsp3) is 0.0909. The molecular formula is C11H8BrF2NO2S2. The number of thiophene rings is 1. The lowest BCUT2D eigenvalue weighted by Crippen LogP contribution is -2.09. The van der Waals surface area contributed by atoms with Crippen molar-refractivity contribution in [2.45, 2.75) is 10.6 Å². The zero-order chi connectivity index (χ0) is 14.2. The van der Waals surface area contributed by atoms with Crippen LogP contribution in [0.5, 0.6) is 0 Å². The zero-order valence-corrected chi connectivity index (χ0v) is 12.6. The van der Waals surface area contributed by atoms with Gasteiger partial charge < -0.3 is 5.73 Å². The molecule has 1 aromatic heterocycles. The maximum Gasteiger partial charge on any atom is 0.189 e. The van der Waals surface area contributed by atoms with E-state index < -0.39 is 32.1 Å². The largest absolute Gasteiger partial charge is 0.399 e. The van der Waals surface area contributed by atoms with E-state index >= 15 is 0 Å². The number of anilines is 1. The second kappa shape index (κ2) is 5.18. The van der Waals surface area contributed by atoms with Gasteiger partial charge in [0.1, 0.15) is 16.5 Å². The molecule has 0 fully saturated rings. The summed E-state index contributed by atoms with van der Waals surface area (Å²) in [7, 11) is -4.09. The normalized spacial score (nSPS) is 11.7. The first-order valence-electron chi connectivity index (χ1n) is 5.01. The first-order valence-corrected chi connectivity index (χ1v) is 8.27. The van der Waals surface area contributed by atoms with E-state index in [0.717, 1.165) is 15.9 Å². The molecule has 0 aliphatic heterocycles. The smallest absolute Gasteiger partial charge is 0.189 e. The van der Waals surface area contributed by atoms with Crippen LogP contribution < -0.4 is 5.73 Å². The van der Waals surface area contributed by atoms with E-state index in [1.54, 1.807) is 12.1 Å². The fourth-order valence-electron chi connectivity index (χ4n) is 1.57. The van der Waals surface area contributed by atoms with Crippen LogP contribution in [-0.2, 0) is 15.6 Å². The molecule has 1 heterocycles. The Balaban J connectivity index is 2.45. The van der Waals surface area contributed by atoms with Crippen molar-refractivity contribution in [3.05, 3.63) is 44.6 Å². The number of hydrogen-bond acceptors (Lipinski definition) is 4. The van der Waals surface area contributed by atoms with Crippen LogP contribution in [0.25, 0.3) is 0 Å². The van der Waals surface area contributed by atoms with Gasteiger partial charge in [0.15, 0.2) is 9.84 Å². The number of rotatable bonds is 3. The van der Waals surface area contributed by atoms with Crippen molar-refractivity contribution < 1.29 is 17.2 Å². The topological polar surface area (TPSA) is 60.2 Å². The summed E-state index contributed by atoms with van der Waals surface area (Å²) >= 11 is 4.39. The van der Waals surface area contributed by atoms with Gasteiger partial charge >= 0.3 is 0 Å². The van der Waals surface area contributed by atoms with Gasteiger partial charge in [0, 0.05) is 10.6 Å². The van der Waals surface area contributed by atoms with Crippen LogP contribution in [0.1, 0.15) is 4.88 Å². The monoisotopic (exact) mass is 367 g/mol. The number of nitrogens with two attached hydrogens (primary N) is 1. The Hall–Kier alpha value is -0.990. The molecule has 0 bridgehead atoms. The minimum atomic E-state index is -4.09. The van der Waals surface area contributed by atoms with E-state index in [1.165, 1.54) is 11.3 Å². The summed E-state index contributed by atoms with van der Waals surface area (Å²) in [4.78, 5) is -0.450. The highest BCUT2D eigenvalue weighted by Crippen LogP contribution is 2.29. The molecule has 0 saturated heterocycles. The molecule has 2 N–H and O–H groups in total. The molecule has 1 aromatic carbocycles. The van der Waals surface area contributed by atoms with Crippen molar-refractivity contribution in [2.75, 3.05) is 5.73 Å². The zero-order valence-electron chi connectivity index (χ0n) is 9.36. The van der Waals surface area contributed by atoms with E-state index in [2.05, 4.69) is 15.9 Å². The first-order chi connectivity index (χ1) is 8.79. The van der Waals surface area contributed by atoms with Crippen molar-refractivity contribution in [2.24, 2.45) is 0 Å². The van der Waals surface area contributed by atoms with Gasteiger partial charge in [-0.25, -0.2) is 17.2 Å². The van der Waals surface area contributed by atoms with Crippen LogP contribution in [0.2, 0.25) is 0 Å². The fourth-order valence-corrected chi connectivity index (χ4v) is 4.87. The molecular weight excluding hydrogens is 360 g/mol. The maximum atomic E-state index is 13.6. The van der Waals surface area contributed by atoms with Crippen LogP contribution in [0, 0.1) is 11.6 Å². The second-order valence-electron chi connectivity index (χ2n) is 3.78. The van der Waals surface area contributed by atoms with E-state index in [9.17, 15) is 17.2 Å². The molecule has 2 aromatic rings. The van der Waals surface area contributed by atoms with E-state index in [-0.39, 0.29) is 5.69 Å². The molecule has 3 nitrogen and oxygen atoms in total. The highest BCUT2D eigenvalue weighted by Gasteiger charge is 2.25. The molecule has 0 amide bonds. The minimum Gasteiger partial charge on any atom is -0.399 e.